The molecule has 0 fully saturated rings. The first-order valence-electron chi connectivity index (χ1n) is 11.6. The van der Waals surface area contributed by atoms with Gasteiger partial charge >= 0.3 is 12.1 Å². The number of amides is 2. The molecule has 3 aromatic carbocycles. The summed E-state index contributed by atoms with van der Waals surface area (Å²) in [7, 11) is 1.28. The van der Waals surface area contributed by atoms with Crippen LogP contribution in [0.4, 0.5) is 4.79 Å². The summed E-state index contributed by atoms with van der Waals surface area (Å²) in [6.45, 7) is 0.0803. The second-order valence-corrected chi connectivity index (χ2v) is 9.06. The molecule has 0 radical (unpaired) electrons. The Morgan fingerprint density at radius 3 is 1.89 bits per heavy atom. The van der Waals surface area contributed by atoms with E-state index in [4.69, 9.17) is 9.47 Å². The molecule has 0 aliphatic rings. The van der Waals surface area contributed by atoms with Crippen molar-refractivity contribution in [2.45, 2.75) is 30.9 Å². The van der Waals surface area contributed by atoms with E-state index in [9.17, 15) is 14.4 Å². The fourth-order valence-corrected chi connectivity index (χ4v) is 4.43. The Labute approximate surface area is 215 Å². The van der Waals surface area contributed by atoms with Gasteiger partial charge in [-0.1, -0.05) is 91.0 Å². The molecule has 0 unspecified atom stereocenters. The number of alkyl carbamates (subject to hydrolysis) is 1. The number of methoxy groups -OCH3 is 1. The summed E-state index contributed by atoms with van der Waals surface area (Å²) in [6.07, 6.45) is -0.446. The van der Waals surface area contributed by atoms with Gasteiger partial charge in [0.15, 0.2) is 0 Å². The highest BCUT2D eigenvalue weighted by atomic mass is 32.2. The maximum atomic E-state index is 13.2. The SMILES string of the molecule is COC(=O)[C@H](Cc1ccccc1)NC(=O)[C@H](CSCc1ccccc1)NC(=O)OCc1ccccc1. The number of ether oxygens (including phenoxy) is 2. The molecule has 0 aliphatic carbocycles. The monoisotopic (exact) mass is 506 g/mol. The van der Waals surface area contributed by atoms with Crippen molar-refractivity contribution < 1.29 is 23.9 Å². The lowest BCUT2D eigenvalue weighted by Gasteiger charge is -2.22. The van der Waals surface area contributed by atoms with E-state index in [2.05, 4.69) is 10.6 Å². The van der Waals surface area contributed by atoms with Crippen LogP contribution in [0.5, 0.6) is 0 Å². The molecule has 0 spiro atoms. The molecule has 3 aromatic rings. The number of hydrogen-bond donors (Lipinski definition) is 2. The lowest BCUT2D eigenvalue weighted by atomic mass is 10.1. The van der Waals surface area contributed by atoms with Crippen molar-refractivity contribution in [2.75, 3.05) is 12.9 Å². The normalized spacial score (nSPS) is 12.1. The molecule has 0 saturated heterocycles. The van der Waals surface area contributed by atoms with Crippen LogP contribution in [0.15, 0.2) is 91.0 Å². The highest BCUT2D eigenvalue weighted by Crippen LogP contribution is 2.14. The zero-order valence-electron chi connectivity index (χ0n) is 20.1. The van der Waals surface area contributed by atoms with Gasteiger partial charge in [-0.3, -0.25) is 4.79 Å². The van der Waals surface area contributed by atoms with Crippen LogP contribution in [0.1, 0.15) is 16.7 Å². The lowest BCUT2D eigenvalue weighted by molar-refractivity contribution is -0.145. The summed E-state index contributed by atoms with van der Waals surface area (Å²) in [5.41, 5.74) is 2.81. The maximum absolute atomic E-state index is 13.2. The second-order valence-electron chi connectivity index (χ2n) is 8.03. The summed E-state index contributed by atoms with van der Waals surface area (Å²) < 4.78 is 10.2. The van der Waals surface area contributed by atoms with E-state index in [1.807, 2.05) is 91.0 Å². The molecule has 0 aromatic heterocycles. The number of esters is 1. The van der Waals surface area contributed by atoms with Crippen LogP contribution in [0.25, 0.3) is 0 Å². The zero-order chi connectivity index (χ0) is 25.6. The number of nitrogens with one attached hydrogen (secondary N) is 2. The van der Waals surface area contributed by atoms with E-state index < -0.39 is 30.1 Å². The van der Waals surface area contributed by atoms with E-state index in [-0.39, 0.29) is 13.0 Å². The highest BCUT2D eigenvalue weighted by Gasteiger charge is 2.28. The minimum Gasteiger partial charge on any atom is -0.467 e. The molecular weight excluding hydrogens is 476 g/mol. The van der Waals surface area contributed by atoms with Gasteiger partial charge in [-0.25, -0.2) is 9.59 Å². The molecular formula is C28H30N2O5S. The molecule has 0 heterocycles. The Morgan fingerprint density at radius 1 is 0.750 bits per heavy atom. The molecule has 36 heavy (non-hydrogen) atoms. The predicted molar refractivity (Wildman–Crippen MR) is 140 cm³/mol. The van der Waals surface area contributed by atoms with E-state index in [0.29, 0.717) is 11.5 Å². The number of carbonyl (C=O) groups excluding carboxylic acids is 3. The average Bonchev–Trinajstić information content (AvgIpc) is 2.92. The van der Waals surface area contributed by atoms with Gasteiger partial charge in [0, 0.05) is 17.9 Å². The molecule has 8 heteroatoms. The fourth-order valence-electron chi connectivity index (χ4n) is 3.42. The topological polar surface area (TPSA) is 93.7 Å². The largest absolute Gasteiger partial charge is 0.467 e. The van der Waals surface area contributed by atoms with E-state index in [1.54, 1.807) is 0 Å². The van der Waals surface area contributed by atoms with Gasteiger partial charge in [-0.05, 0) is 16.7 Å². The molecule has 2 N–H and O–H groups in total. The molecule has 2 atom stereocenters. The van der Waals surface area contributed by atoms with Crippen LogP contribution in [-0.4, -0.2) is 42.9 Å². The maximum Gasteiger partial charge on any atom is 0.408 e. The highest BCUT2D eigenvalue weighted by molar-refractivity contribution is 7.98. The van der Waals surface area contributed by atoms with Crippen molar-refractivity contribution in [1.82, 2.24) is 10.6 Å². The standard InChI is InChI=1S/C28H30N2O5S/c1-34-27(32)24(17-21-11-5-2-6-12-21)29-26(31)25(20-36-19-23-15-9-4-10-16-23)30-28(33)35-18-22-13-7-3-8-14-22/h2-16,24-25H,17-20H2,1H3,(H,29,31)(H,30,33)/t24-,25-/m0/s1. The van der Waals surface area contributed by atoms with Crippen LogP contribution in [-0.2, 0) is 37.8 Å². The van der Waals surface area contributed by atoms with Gasteiger partial charge in [-0.2, -0.15) is 11.8 Å². The predicted octanol–water partition coefficient (Wildman–Crippen LogP) is 4.12. The molecule has 188 valence electrons. The number of thioether (sulfide) groups is 1. The first-order chi connectivity index (χ1) is 17.5. The third-order valence-corrected chi connectivity index (χ3v) is 6.41. The van der Waals surface area contributed by atoms with Gasteiger partial charge in [-0.15, -0.1) is 0 Å². The third kappa shape index (κ3) is 9.11. The van der Waals surface area contributed by atoms with Crippen molar-refractivity contribution in [3.05, 3.63) is 108 Å². The number of rotatable bonds is 12. The molecule has 0 aliphatic heterocycles. The van der Waals surface area contributed by atoms with Crippen LogP contribution in [0, 0.1) is 0 Å². The molecule has 3 rings (SSSR count). The number of carbonyl (C=O) groups is 3. The second kappa shape index (κ2) is 14.6. The Balaban J connectivity index is 1.65. The van der Waals surface area contributed by atoms with Crippen molar-refractivity contribution in [3.8, 4) is 0 Å². The van der Waals surface area contributed by atoms with Crippen LogP contribution in [0.2, 0.25) is 0 Å². The Morgan fingerprint density at radius 2 is 1.31 bits per heavy atom. The molecule has 0 bridgehead atoms. The number of hydrogen-bond acceptors (Lipinski definition) is 6. The fraction of sp³-hybridized carbons (Fsp3) is 0.250. The van der Waals surface area contributed by atoms with Crippen LogP contribution < -0.4 is 10.6 Å². The van der Waals surface area contributed by atoms with Crippen molar-refractivity contribution >= 4 is 29.7 Å². The van der Waals surface area contributed by atoms with E-state index in [0.717, 1.165) is 16.7 Å². The quantitative estimate of drug-likeness (QED) is 0.359. The van der Waals surface area contributed by atoms with Gasteiger partial charge in [0.2, 0.25) is 5.91 Å². The van der Waals surface area contributed by atoms with Gasteiger partial charge in [0.1, 0.15) is 18.7 Å². The summed E-state index contributed by atoms with van der Waals surface area (Å²) in [5, 5.41) is 5.40. The van der Waals surface area contributed by atoms with Gasteiger partial charge in [0.25, 0.3) is 0 Å². The summed E-state index contributed by atoms with van der Waals surface area (Å²) in [5.74, 6) is -0.0935. The molecule has 2 amide bonds. The van der Waals surface area contributed by atoms with Gasteiger partial charge < -0.3 is 20.1 Å². The smallest absolute Gasteiger partial charge is 0.408 e. The van der Waals surface area contributed by atoms with Crippen LogP contribution in [0.3, 0.4) is 0 Å². The Bertz CT molecular complexity index is 1100. The Hall–Kier alpha value is -3.78. The summed E-state index contributed by atoms with van der Waals surface area (Å²) in [4.78, 5) is 38.1. The third-order valence-electron chi connectivity index (χ3n) is 5.30. The van der Waals surface area contributed by atoms with Crippen molar-refractivity contribution in [3.63, 3.8) is 0 Å². The van der Waals surface area contributed by atoms with Gasteiger partial charge in [0.05, 0.1) is 7.11 Å². The summed E-state index contributed by atoms with van der Waals surface area (Å²) >= 11 is 1.50. The van der Waals surface area contributed by atoms with Crippen molar-refractivity contribution in [1.29, 1.82) is 0 Å². The number of benzene rings is 3. The van der Waals surface area contributed by atoms with Crippen molar-refractivity contribution in [2.24, 2.45) is 0 Å². The lowest BCUT2D eigenvalue weighted by Crippen LogP contribution is -2.53. The molecule has 7 nitrogen and oxygen atoms in total. The minimum atomic E-state index is -0.912. The van der Waals surface area contributed by atoms with E-state index >= 15 is 0 Å². The molecule has 0 saturated carbocycles. The Kier molecular flexibility index (Phi) is 10.9. The first kappa shape index (κ1) is 26.8. The zero-order valence-corrected chi connectivity index (χ0v) is 20.9. The average molecular weight is 507 g/mol. The summed E-state index contributed by atoms with van der Waals surface area (Å²) in [6, 6.07) is 26.6. The first-order valence-corrected chi connectivity index (χ1v) is 12.7. The van der Waals surface area contributed by atoms with Crippen LogP contribution >= 0.6 is 11.8 Å². The van der Waals surface area contributed by atoms with E-state index in [1.165, 1.54) is 18.9 Å². The minimum absolute atomic E-state index is 0.0803.